The Morgan fingerprint density at radius 2 is 1.56 bits per heavy atom. The first-order chi connectivity index (χ1) is 7.75. The minimum Gasteiger partial charge on any atom is -0.253 e. The second kappa shape index (κ2) is 8.12. The molecule has 2 rings (SSSR count). The first-order valence-electron chi connectivity index (χ1n) is 5.78. The van der Waals surface area contributed by atoms with Gasteiger partial charge in [0.15, 0.2) is 0 Å². The van der Waals surface area contributed by atoms with E-state index < -0.39 is 0 Å². The lowest BCUT2D eigenvalue weighted by molar-refractivity contribution is 1.26. The highest BCUT2D eigenvalue weighted by Crippen LogP contribution is 2.17. The molecule has 0 N–H and O–H groups in total. The van der Waals surface area contributed by atoms with Crippen LogP contribution in [-0.2, 0) is 0 Å². The largest absolute Gasteiger partial charge is 0.253 e. The molecule has 0 unspecified atom stereocenters. The van der Waals surface area contributed by atoms with Crippen LogP contribution in [0.15, 0.2) is 30.3 Å². The van der Waals surface area contributed by atoms with Crippen LogP contribution in [0.5, 0.6) is 0 Å². The van der Waals surface area contributed by atoms with E-state index in [2.05, 4.69) is 4.98 Å². The molecule has 0 saturated carbocycles. The molecule has 88 valence electrons. The number of pyridine rings is 1. The highest BCUT2D eigenvalue weighted by atomic mass is 35.5. The topological polar surface area (TPSA) is 12.9 Å². The highest BCUT2D eigenvalue weighted by molar-refractivity contribution is 6.31. The van der Waals surface area contributed by atoms with Crippen LogP contribution in [0.2, 0.25) is 5.02 Å². The zero-order valence-electron chi connectivity index (χ0n) is 10.7. The Morgan fingerprint density at radius 1 is 0.938 bits per heavy atom. The van der Waals surface area contributed by atoms with Crippen LogP contribution < -0.4 is 0 Å². The standard InChI is InChI=1S/C10H8ClN.2C2H6/c1-7-2-3-8-6-9(11)4-5-10(8)12-7;2*1-2/h2-6H,1H3;2*1-2H3. The molecule has 0 aliphatic heterocycles. The van der Waals surface area contributed by atoms with Gasteiger partial charge >= 0.3 is 0 Å². The molecule has 2 heteroatoms. The van der Waals surface area contributed by atoms with Gasteiger partial charge in [-0.3, -0.25) is 4.98 Å². The molecule has 0 bridgehead atoms. The molecule has 1 heterocycles. The van der Waals surface area contributed by atoms with Crippen LogP contribution in [-0.4, -0.2) is 4.98 Å². The smallest absolute Gasteiger partial charge is 0.0706 e. The van der Waals surface area contributed by atoms with Gasteiger partial charge in [0.2, 0.25) is 0 Å². The minimum atomic E-state index is 0.758. The zero-order valence-corrected chi connectivity index (χ0v) is 11.5. The maximum absolute atomic E-state index is 5.83. The van der Waals surface area contributed by atoms with E-state index in [4.69, 9.17) is 11.6 Å². The van der Waals surface area contributed by atoms with E-state index in [1.165, 1.54) is 0 Å². The van der Waals surface area contributed by atoms with E-state index in [1.807, 2.05) is 65.0 Å². The third kappa shape index (κ3) is 4.19. The summed E-state index contributed by atoms with van der Waals surface area (Å²) in [5.41, 5.74) is 2.03. The van der Waals surface area contributed by atoms with Gasteiger partial charge in [0.1, 0.15) is 0 Å². The fourth-order valence-corrected chi connectivity index (χ4v) is 1.38. The fourth-order valence-electron chi connectivity index (χ4n) is 1.20. The summed E-state index contributed by atoms with van der Waals surface area (Å²) in [6, 6.07) is 9.73. The fraction of sp³-hybridized carbons (Fsp3) is 0.357. The summed E-state index contributed by atoms with van der Waals surface area (Å²) < 4.78 is 0. The normalized spacial score (nSPS) is 8.62. The summed E-state index contributed by atoms with van der Waals surface area (Å²) in [5.74, 6) is 0. The Hall–Kier alpha value is -1.08. The number of rotatable bonds is 0. The summed E-state index contributed by atoms with van der Waals surface area (Å²) in [6.45, 7) is 9.98. The number of aryl methyl sites for hydroxylation is 1. The first kappa shape index (κ1) is 14.9. The molecule has 0 aliphatic rings. The SMILES string of the molecule is CC.CC.Cc1ccc2cc(Cl)ccc2n1. The van der Waals surface area contributed by atoms with Gasteiger partial charge < -0.3 is 0 Å². The van der Waals surface area contributed by atoms with E-state index in [1.54, 1.807) is 0 Å². The Balaban J connectivity index is 0.000000509. The summed E-state index contributed by atoms with van der Waals surface area (Å²) in [4.78, 5) is 4.36. The number of hydrogen-bond donors (Lipinski definition) is 0. The molecule has 0 amide bonds. The minimum absolute atomic E-state index is 0.758. The average molecular weight is 238 g/mol. The van der Waals surface area contributed by atoms with Gasteiger partial charge in [-0.2, -0.15) is 0 Å². The Labute approximate surface area is 103 Å². The molecule has 0 fully saturated rings. The maximum Gasteiger partial charge on any atom is 0.0706 e. The number of aromatic nitrogens is 1. The van der Waals surface area contributed by atoms with Crippen LogP contribution in [0.4, 0.5) is 0 Å². The molecular formula is C14H20ClN. The van der Waals surface area contributed by atoms with Gasteiger partial charge in [0.05, 0.1) is 5.52 Å². The van der Waals surface area contributed by atoms with Crippen molar-refractivity contribution in [1.82, 2.24) is 4.98 Å². The van der Waals surface area contributed by atoms with Crippen molar-refractivity contribution in [2.24, 2.45) is 0 Å². The molecule has 2 aromatic rings. The van der Waals surface area contributed by atoms with Crippen molar-refractivity contribution >= 4 is 22.5 Å². The number of hydrogen-bond acceptors (Lipinski definition) is 1. The van der Waals surface area contributed by atoms with Crippen LogP contribution >= 0.6 is 11.6 Å². The molecule has 16 heavy (non-hydrogen) atoms. The third-order valence-corrected chi connectivity index (χ3v) is 2.03. The Bertz CT molecular complexity index is 383. The lowest BCUT2D eigenvalue weighted by Crippen LogP contribution is -1.81. The second-order valence-electron chi connectivity index (χ2n) is 2.79. The lowest BCUT2D eigenvalue weighted by atomic mass is 10.2. The lowest BCUT2D eigenvalue weighted by Gasteiger charge is -1.98. The van der Waals surface area contributed by atoms with Crippen molar-refractivity contribution in [3.63, 3.8) is 0 Å². The highest BCUT2D eigenvalue weighted by Gasteiger charge is 1.95. The van der Waals surface area contributed by atoms with Crippen molar-refractivity contribution in [1.29, 1.82) is 0 Å². The van der Waals surface area contributed by atoms with Gasteiger partial charge in [0.25, 0.3) is 0 Å². The Kier molecular flexibility index (Phi) is 7.57. The quantitative estimate of drug-likeness (QED) is 0.610. The summed E-state index contributed by atoms with van der Waals surface area (Å²) in [7, 11) is 0. The van der Waals surface area contributed by atoms with Crippen LogP contribution in [0.1, 0.15) is 33.4 Å². The monoisotopic (exact) mass is 237 g/mol. The van der Waals surface area contributed by atoms with E-state index in [0.29, 0.717) is 0 Å². The Morgan fingerprint density at radius 3 is 2.19 bits per heavy atom. The van der Waals surface area contributed by atoms with E-state index in [9.17, 15) is 0 Å². The van der Waals surface area contributed by atoms with E-state index >= 15 is 0 Å². The van der Waals surface area contributed by atoms with Crippen molar-refractivity contribution in [2.75, 3.05) is 0 Å². The summed E-state index contributed by atoms with van der Waals surface area (Å²) in [6.07, 6.45) is 0. The number of fused-ring (bicyclic) bond motifs is 1. The van der Waals surface area contributed by atoms with Crippen molar-refractivity contribution in [3.05, 3.63) is 41.0 Å². The number of halogens is 1. The molecule has 1 nitrogen and oxygen atoms in total. The molecular weight excluding hydrogens is 218 g/mol. The maximum atomic E-state index is 5.83. The predicted molar refractivity (Wildman–Crippen MR) is 74.2 cm³/mol. The molecule has 0 spiro atoms. The molecule has 0 aliphatic carbocycles. The molecule has 0 saturated heterocycles. The third-order valence-electron chi connectivity index (χ3n) is 1.79. The van der Waals surface area contributed by atoms with E-state index in [-0.39, 0.29) is 0 Å². The van der Waals surface area contributed by atoms with Gasteiger partial charge in [-0.25, -0.2) is 0 Å². The molecule has 0 atom stereocenters. The van der Waals surface area contributed by atoms with Gasteiger partial charge in [-0.15, -0.1) is 0 Å². The average Bonchev–Trinajstić information content (AvgIpc) is 2.35. The van der Waals surface area contributed by atoms with Crippen molar-refractivity contribution in [3.8, 4) is 0 Å². The predicted octanol–water partition coefficient (Wildman–Crippen LogP) is 5.25. The number of benzene rings is 1. The summed E-state index contributed by atoms with van der Waals surface area (Å²) >= 11 is 5.83. The van der Waals surface area contributed by atoms with Crippen molar-refractivity contribution in [2.45, 2.75) is 34.6 Å². The van der Waals surface area contributed by atoms with E-state index in [0.717, 1.165) is 21.6 Å². The summed E-state index contributed by atoms with van der Waals surface area (Å²) in [5, 5.41) is 1.85. The van der Waals surface area contributed by atoms with Crippen molar-refractivity contribution < 1.29 is 0 Å². The van der Waals surface area contributed by atoms with Gasteiger partial charge in [0, 0.05) is 16.1 Å². The molecule has 0 radical (unpaired) electrons. The first-order valence-corrected chi connectivity index (χ1v) is 6.16. The van der Waals surface area contributed by atoms with Gasteiger partial charge in [-0.1, -0.05) is 45.4 Å². The van der Waals surface area contributed by atoms with Crippen LogP contribution in [0.25, 0.3) is 10.9 Å². The molecule has 1 aromatic carbocycles. The molecule has 1 aromatic heterocycles. The zero-order chi connectivity index (χ0) is 12.6. The van der Waals surface area contributed by atoms with Crippen LogP contribution in [0, 0.1) is 6.92 Å². The second-order valence-corrected chi connectivity index (χ2v) is 3.23. The van der Waals surface area contributed by atoms with Crippen LogP contribution in [0.3, 0.4) is 0 Å². The van der Waals surface area contributed by atoms with Gasteiger partial charge in [-0.05, 0) is 31.2 Å². The number of nitrogens with zero attached hydrogens (tertiary/aromatic N) is 1.